The molecule has 1 aromatic carbocycles. The van der Waals surface area contributed by atoms with E-state index in [4.69, 9.17) is 0 Å². The van der Waals surface area contributed by atoms with E-state index < -0.39 is 10.0 Å². The number of amides is 1. The van der Waals surface area contributed by atoms with E-state index in [1.807, 2.05) is 37.3 Å². The normalized spacial score (nSPS) is 11.6. The maximum absolute atomic E-state index is 12.5. The first-order chi connectivity index (χ1) is 11.4. The molecule has 0 aliphatic heterocycles. The number of carbonyl (C=O) groups is 1. The van der Waals surface area contributed by atoms with Gasteiger partial charge in [0.25, 0.3) is 10.0 Å². The summed E-state index contributed by atoms with van der Waals surface area (Å²) < 4.78 is 26.1. The molecule has 0 unspecified atom stereocenters. The van der Waals surface area contributed by atoms with Crippen molar-refractivity contribution in [2.75, 3.05) is 12.4 Å². The molecule has 7 nitrogen and oxygen atoms in total. The molecule has 0 radical (unpaired) electrons. The number of anilines is 1. The average Bonchev–Trinajstić information content (AvgIpc) is 3.03. The molecule has 0 aliphatic rings. The van der Waals surface area contributed by atoms with Crippen molar-refractivity contribution in [1.29, 1.82) is 0 Å². The predicted octanol–water partition coefficient (Wildman–Crippen LogP) is 2.49. The molecule has 24 heavy (non-hydrogen) atoms. The monoisotopic (exact) mass is 368 g/mol. The number of hydrogen-bond acceptors (Lipinski definition) is 6. The number of carbonyl (C=O) groups excluding carboxylic acids is 1. The minimum absolute atomic E-state index is 0.133. The first-order valence-electron chi connectivity index (χ1n) is 7.57. The van der Waals surface area contributed by atoms with E-state index in [1.54, 1.807) is 0 Å². The highest BCUT2D eigenvalue weighted by Gasteiger charge is 2.26. The first kappa shape index (κ1) is 18.5. The topological polar surface area (TPSA) is 92.3 Å². The fourth-order valence-corrected chi connectivity index (χ4v) is 4.21. The number of nitrogens with zero attached hydrogens (tertiary/aromatic N) is 3. The average molecular weight is 368 g/mol. The van der Waals surface area contributed by atoms with Crippen molar-refractivity contribution >= 4 is 32.4 Å². The van der Waals surface area contributed by atoms with Gasteiger partial charge in [-0.15, -0.1) is 10.2 Å². The maximum Gasteiger partial charge on any atom is 0.272 e. The van der Waals surface area contributed by atoms with Crippen LogP contribution in [0.3, 0.4) is 0 Å². The van der Waals surface area contributed by atoms with Crippen molar-refractivity contribution in [3.8, 4) is 0 Å². The molecular formula is C15H20N4O3S2. The van der Waals surface area contributed by atoms with Crippen LogP contribution in [0.5, 0.6) is 0 Å². The molecule has 2 rings (SSSR count). The van der Waals surface area contributed by atoms with Crippen molar-refractivity contribution in [3.05, 3.63) is 35.9 Å². The lowest BCUT2D eigenvalue weighted by molar-refractivity contribution is -0.116. The Bertz CT molecular complexity index is 775. The van der Waals surface area contributed by atoms with Crippen LogP contribution in [0, 0.1) is 0 Å². The molecule has 0 saturated heterocycles. The Morgan fingerprint density at radius 1 is 1.25 bits per heavy atom. The standard InChI is InChI=1S/C15H20N4O3S2/c1-3-4-10-13(20)16-14-17-18-15(23-14)24(21,22)19(2)11-12-8-6-5-7-9-12/h5-9H,3-4,10-11H2,1-2H3,(H,16,17,20). The van der Waals surface area contributed by atoms with E-state index in [1.165, 1.54) is 11.4 Å². The van der Waals surface area contributed by atoms with Gasteiger partial charge < -0.3 is 5.32 Å². The Morgan fingerprint density at radius 3 is 2.62 bits per heavy atom. The minimum atomic E-state index is -3.74. The van der Waals surface area contributed by atoms with Crippen LogP contribution >= 0.6 is 11.3 Å². The second-order valence-electron chi connectivity index (χ2n) is 5.27. The van der Waals surface area contributed by atoms with Crippen molar-refractivity contribution in [3.63, 3.8) is 0 Å². The van der Waals surface area contributed by atoms with Crippen LogP contribution in [-0.4, -0.2) is 35.9 Å². The molecule has 130 valence electrons. The summed E-state index contributed by atoms with van der Waals surface area (Å²) in [5.41, 5.74) is 0.876. The van der Waals surface area contributed by atoms with E-state index in [2.05, 4.69) is 15.5 Å². The lowest BCUT2D eigenvalue weighted by atomic mass is 10.2. The molecule has 0 saturated carbocycles. The van der Waals surface area contributed by atoms with Gasteiger partial charge in [0, 0.05) is 20.0 Å². The van der Waals surface area contributed by atoms with Crippen molar-refractivity contribution in [2.45, 2.75) is 37.1 Å². The molecule has 1 N–H and O–H groups in total. The second-order valence-corrected chi connectivity index (χ2v) is 8.47. The van der Waals surface area contributed by atoms with Gasteiger partial charge >= 0.3 is 0 Å². The summed E-state index contributed by atoms with van der Waals surface area (Å²) in [5, 5.41) is 10.2. The summed E-state index contributed by atoms with van der Waals surface area (Å²) in [7, 11) is -2.25. The summed E-state index contributed by atoms with van der Waals surface area (Å²) in [5.74, 6) is -0.186. The number of sulfonamides is 1. The first-order valence-corrected chi connectivity index (χ1v) is 9.82. The lowest BCUT2D eigenvalue weighted by Crippen LogP contribution is -2.26. The maximum atomic E-state index is 12.5. The second kappa shape index (κ2) is 8.32. The van der Waals surface area contributed by atoms with Crippen LogP contribution in [0.1, 0.15) is 31.7 Å². The van der Waals surface area contributed by atoms with Crippen LogP contribution in [0.2, 0.25) is 0 Å². The van der Waals surface area contributed by atoms with Gasteiger partial charge in [0.2, 0.25) is 15.4 Å². The van der Waals surface area contributed by atoms with Gasteiger partial charge in [-0.3, -0.25) is 4.79 Å². The third-order valence-electron chi connectivity index (χ3n) is 3.29. The predicted molar refractivity (Wildman–Crippen MR) is 93.2 cm³/mol. The fourth-order valence-electron chi connectivity index (χ4n) is 1.94. The molecule has 1 aromatic heterocycles. The van der Waals surface area contributed by atoms with Crippen molar-refractivity contribution < 1.29 is 13.2 Å². The molecule has 9 heteroatoms. The summed E-state index contributed by atoms with van der Waals surface area (Å²) >= 11 is 0.857. The Morgan fingerprint density at radius 2 is 1.96 bits per heavy atom. The van der Waals surface area contributed by atoms with Gasteiger partial charge in [-0.05, 0) is 12.0 Å². The largest absolute Gasteiger partial charge is 0.301 e. The van der Waals surface area contributed by atoms with E-state index in [0.717, 1.165) is 29.7 Å². The smallest absolute Gasteiger partial charge is 0.272 e. The summed E-state index contributed by atoms with van der Waals surface area (Å²) in [4.78, 5) is 11.7. The molecule has 0 aliphatic carbocycles. The molecule has 2 aromatic rings. The Balaban J connectivity index is 2.05. The zero-order valence-electron chi connectivity index (χ0n) is 13.6. The van der Waals surface area contributed by atoms with Crippen LogP contribution < -0.4 is 5.32 Å². The quantitative estimate of drug-likeness (QED) is 0.723. The number of rotatable bonds is 8. The Labute approximate surface area is 145 Å². The van der Waals surface area contributed by atoms with Crippen molar-refractivity contribution in [2.24, 2.45) is 0 Å². The van der Waals surface area contributed by atoms with Gasteiger partial charge in [-0.2, -0.15) is 4.31 Å². The highest BCUT2D eigenvalue weighted by Crippen LogP contribution is 2.23. The van der Waals surface area contributed by atoms with Crippen LogP contribution in [-0.2, 0) is 21.4 Å². The van der Waals surface area contributed by atoms with E-state index in [-0.39, 0.29) is 21.9 Å². The third-order valence-corrected chi connectivity index (χ3v) is 6.28. The van der Waals surface area contributed by atoms with Gasteiger partial charge in [0.1, 0.15) is 0 Å². The zero-order chi connectivity index (χ0) is 17.6. The summed E-state index contributed by atoms with van der Waals surface area (Å²) in [6, 6.07) is 9.28. The van der Waals surface area contributed by atoms with E-state index >= 15 is 0 Å². The highest BCUT2D eigenvalue weighted by atomic mass is 32.2. The van der Waals surface area contributed by atoms with Gasteiger partial charge in [-0.1, -0.05) is 55.0 Å². The number of benzene rings is 1. The zero-order valence-corrected chi connectivity index (χ0v) is 15.2. The third kappa shape index (κ3) is 4.83. The molecular weight excluding hydrogens is 348 g/mol. The minimum Gasteiger partial charge on any atom is -0.301 e. The highest BCUT2D eigenvalue weighted by molar-refractivity contribution is 7.91. The Kier molecular flexibility index (Phi) is 6.41. The lowest BCUT2D eigenvalue weighted by Gasteiger charge is -2.14. The molecule has 1 amide bonds. The molecule has 0 atom stereocenters. The molecule has 1 heterocycles. The van der Waals surface area contributed by atoms with Crippen molar-refractivity contribution in [1.82, 2.24) is 14.5 Å². The number of hydrogen-bond donors (Lipinski definition) is 1. The van der Waals surface area contributed by atoms with Gasteiger partial charge in [0.15, 0.2) is 0 Å². The number of unbranched alkanes of at least 4 members (excludes halogenated alkanes) is 1. The summed E-state index contributed by atoms with van der Waals surface area (Å²) in [6.07, 6.45) is 2.06. The number of nitrogens with one attached hydrogen (secondary N) is 1. The van der Waals surface area contributed by atoms with Gasteiger partial charge in [0.05, 0.1) is 0 Å². The van der Waals surface area contributed by atoms with E-state index in [0.29, 0.717) is 6.42 Å². The fraction of sp³-hybridized carbons (Fsp3) is 0.400. The van der Waals surface area contributed by atoms with Crippen LogP contribution in [0.4, 0.5) is 5.13 Å². The Hall–Kier alpha value is -1.84. The summed E-state index contributed by atoms with van der Waals surface area (Å²) in [6.45, 7) is 2.23. The van der Waals surface area contributed by atoms with Crippen LogP contribution in [0.15, 0.2) is 34.7 Å². The SMILES string of the molecule is CCCCC(=O)Nc1nnc(S(=O)(=O)N(C)Cc2ccccc2)s1. The molecule has 0 spiro atoms. The molecule has 0 bridgehead atoms. The van der Waals surface area contributed by atoms with Crippen LogP contribution in [0.25, 0.3) is 0 Å². The van der Waals surface area contributed by atoms with E-state index in [9.17, 15) is 13.2 Å². The van der Waals surface area contributed by atoms with Gasteiger partial charge in [-0.25, -0.2) is 8.42 Å². The number of aromatic nitrogens is 2. The molecule has 0 fully saturated rings.